The average molecular weight is 426 g/mol. The highest BCUT2D eigenvalue weighted by molar-refractivity contribution is 5.90. The number of amides is 1. The van der Waals surface area contributed by atoms with E-state index >= 15 is 0 Å². The number of aromatic nitrogens is 3. The van der Waals surface area contributed by atoms with Crippen LogP contribution in [-0.4, -0.2) is 34.6 Å². The Morgan fingerprint density at radius 2 is 1.97 bits per heavy atom. The molecule has 3 aromatic rings. The topological polar surface area (TPSA) is 78.3 Å². The first-order valence-corrected chi connectivity index (χ1v) is 10.3. The van der Waals surface area contributed by atoms with Crippen LogP contribution >= 0.6 is 0 Å². The third-order valence-electron chi connectivity index (χ3n) is 4.81. The molecule has 0 spiro atoms. The Balaban J connectivity index is 1.47. The summed E-state index contributed by atoms with van der Waals surface area (Å²) >= 11 is 0. The van der Waals surface area contributed by atoms with Gasteiger partial charge < -0.3 is 14.8 Å². The molecule has 3 rings (SSSR count). The zero-order valence-corrected chi connectivity index (χ0v) is 17.8. The number of benzene rings is 2. The largest absolute Gasteiger partial charge is 0.497 e. The fraction of sp³-hybridized carbons (Fsp3) is 0.348. The molecule has 0 bridgehead atoms. The SMILES string of the molecule is CCc1c(NC(=O)CCCOc2cccc(F)c2)nnn1CCc1ccc(OC)cc1. The number of methoxy groups -OCH3 is 1. The maximum atomic E-state index is 13.1. The van der Waals surface area contributed by atoms with E-state index in [0.717, 1.165) is 17.9 Å². The fourth-order valence-corrected chi connectivity index (χ4v) is 3.16. The van der Waals surface area contributed by atoms with Crippen LogP contribution in [0.5, 0.6) is 11.5 Å². The van der Waals surface area contributed by atoms with Crippen molar-refractivity contribution in [1.82, 2.24) is 15.0 Å². The van der Waals surface area contributed by atoms with Crippen molar-refractivity contribution in [3.8, 4) is 11.5 Å². The van der Waals surface area contributed by atoms with Gasteiger partial charge in [-0.3, -0.25) is 4.79 Å². The molecule has 0 saturated carbocycles. The van der Waals surface area contributed by atoms with Crippen molar-refractivity contribution in [3.63, 3.8) is 0 Å². The highest BCUT2D eigenvalue weighted by Gasteiger charge is 2.14. The summed E-state index contributed by atoms with van der Waals surface area (Å²) in [5.41, 5.74) is 2.06. The second-order valence-corrected chi connectivity index (χ2v) is 7.02. The number of hydrogen-bond acceptors (Lipinski definition) is 5. The number of aryl methyl sites for hydroxylation is 2. The van der Waals surface area contributed by atoms with Crippen LogP contribution in [0.3, 0.4) is 0 Å². The highest BCUT2D eigenvalue weighted by atomic mass is 19.1. The number of rotatable bonds is 11. The quantitative estimate of drug-likeness (QED) is 0.469. The molecule has 0 aliphatic heterocycles. The summed E-state index contributed by atoms with van der Waals surface area (Å²) < 4.78 is 25.6. The molecule has 164 valence electrons. The molecule has 1 heterocycles. The van der Waals surface area contributed by atoms with Gasteiger partial charge in [-0.25, -0.2) is 9.07 Å². The van der Waals surface area contributed by atoms with E-state index in [1.165, 1.54) is 17.7 Å². The van der Waals surface area contributed by atoms with Gasteiger partial charge in [0.25, 0.3) is 0 Å². The van der Waals surface area contributed by atoms with Crippen LogP contribution in [0.25, 0.3) is 0 Å². The summed E-state index contributed by atoms with van der Waals surface area (Å²) in [5, 5.41) is 11.2. The van der Waals surface area contributed by atoms with E-state index < -0.39 is 0 Å². The van der Waals surface area contributed by atoms with Gasteiger partial charge in [0.15, 0.2) is 5.82 Å². The third kappa shape index (κ3) is 6.53. The van der Waals surface area contributed by atoms with Crippen LogP contribution in [0.1, 0.15) is 31.0 Å². The molecular weight excluding hydrogens is 399 g/mol. The monoisotopic (exact) mass is 426 g/mol. The summed E-state index contributed by atoms with van der Waals surface area (Å²) in [4.78, 5) is 12.3. The number of halogens is 1. The summed E-state index contributed by atoms with van der Waals surface area (Å²) in [6.45, 7) is 3.00. The Morgan fingerprint density at radius 1 is 1.16 bits per heavy atom. The minimum Gasteiger partial charge on any atom is -0.497 e. The Morgan fingerprint density at radius 3 is 2.68 bits per heavy atom. The predicted molar refractivity (Wildman–Crippen MR) is 116 cm³/mol. The summed E-state index contributed by atoms with van der Waals surface area (Å²) in [6, 6.07) is 13.9. The maximum Gasteiger partial charge on any atom is 0.225 e. The average Bonchev–Trinajstić information content (AvgIpc) is 3.17. The van der Waals surface area contributed by atoms with Gasteiger partial charge in [0.05, 0.1) is 19.4 Å². The van der Waals surface area contributed by atoms with Crippen molar-refractivity contribution < 1.29 is 18.7 Å². The molecule has 0 aliphatic carbocycles. The molecule has 2 aromatic carbocycles. The number of anilines is 1. The Bertz CT molecular complexity index is 989. The molecule has 8 heteroatoms. The van der Waals surface area contributed by atoms with E-state index in [-0.39, 0.29) is 18.1 Å². The number of carbonyl (C=O) groups is 1. The van der Waals surface area contributed by atoms with Crippen molar-refractivity contribution in [3.05, 3.63) is 65.6 Å². The van der Waals surface area contributed by atoms with Gasteiger partial charge in [-0.15, -0.1) is 5.10 Å². The molecule has 7 nitrogen and oxygen atoms in total. The lowest BCUT2D eigenvalue weighted by atomic mass is 10.1. The first kappa shape index (κ1) is 22.3. The molecule has 1 aromatic heterocycles. The molecule has 0 fully saturated rings. The van der Waals surface area contributed by atoms with Crippen LogP contribution < -0.4 is 14.8 Å². The number of nitrogens with zero attached hydrogens (tertiary/aromatic N) is 3. The smallest absolute Gasteiger partial charge is 0.225 e. The van der Waals surface area contributed by atoms with Crippen molar-refractivity contribution in [2.24, 2.45) is 0 Å². The molecule has 1 N–H and O–H groups in total. The molecule has 0 unspecified atom stereocenters. The normalized spacial score (nSPS) is 10.7. The van der Waals surface area contributed by atoms with Crippen molar-refractivity contribution >= 4 is 11.7 Å². The molecule has 1 amide bonds. The van der Waals surface area contributed by atoms with E-state index in [1.54, 1.807) is 19.2 Å². The van der Waals surface area contributed by atoms with E-state index in [4.69, 9.17) is 9.47 Å². The highest BCUT2D eigenvalue weighted by Crippen LogP contribution is 2.16. The van der Waals surface area contributed by atoms with Gasteiger partial charge >= 0.3 is 0 Å². The van der Waals surface area contributed by atoms with Gasteiger partial charge in [0.1, 0.15) is 17.3 Å². The Hall–Kier alpha value is -3.42. The van der Waals surface area contributed by atoms with E-state index in [0.29, 0.717) is 37.6 Å². The minimum absolute atomic E-state index is 0.153. The fourth-order valence-electron chi connectivity index (χ4n) is 3.16. The Labute approximate surface area is 181 Å². The van der Waals surface area contributed by atoms with Crippen molar-refractivity contribution in [1.29, 1.82) is 0 Å². The molecule has 0 atom stereocenters. The summed E-state index contributed by atoms with van der Waals surface area (Å²) in [5.74, 6) is 1.27. The van der Waals surface area contributed by atoms with Crippen molar-refractivity contribution in [2.75, 3.05) is 19.0 Å². The van der Waals surface area contributed by atoms with Gasteiger partial charge in [0, 0.05) is 19.0 Å². The zero-order valence-electron chi connectivity index (χ0n) is 17.8. The number of hydrogen-bond donors (Lipinski definition) is 1. The second-order valence-electron chi connectivity index (χ2n) is 7.02. The predicted octanol–water partition coefficient (Wildman–Crippen LogP) is 4.03. The lowest BCUT2D eigenvalue weighted by Gasteiger charge is -2.08. The van der Waals surface area contributed by atoms with Crippen LogP contribution in [0.15, 0.2) is 48.5 Å². The van der Waals surface area contributed by atoms with Crippen LogP contribution in [0, 0.1) is 5.82 Å². The van der Waals surface area contributed by atoms with Crippen LogP contribution in [0.4, 0.5) is 10.2 Å². The standard InChI is InChI=1S/C23H27FN4O3/c1-3-21-23(25-22(29)8-5-15-31-20-7-4-6-18(24)16-20)26-27-28(21)14-13-17-9-11-19(30-2)12-10-17/h4,6-7,9-12,16H,3,5,8,13-15H2,1-2H3,(H,25,29). The van der Waals surface area contributed by atoms with Gasteiger partial charge in [0.2, 0.25) is 5.91 Å². The zero-order chi connectivity index (χ0) is 22.1. The third-order valence-corrected chi connectivity index (χ3v) is 4.81. The van der Waals surface area contributed by atoms with Crippen LogP contribution in [-0.2, 0) is 24.2 Å². The molecular formula is C23H27FN4O3. The van der Waals surface area contributed by atoms with E-state index in [9.17, 15) is 9.18 Å². The first-order chi connectivity index (χ1) is 15.1. The Kier molecular flexibility index (Phi) is 7.98. The van der Waals surface area contributed by atoms with Gasteiger partial charge in [-0.05, 0) is 49.1 Å². The second kappa shape index (κ2) is 11.1. The lowest BCUT2D eigenvalue weighted by Crippen LogP contribution is -2.15. The minimum atomic E-state index is -0.350. The van der Waals surface area contributed by atoms with E-state index in [1.807, 2.05) is 35.9 Å². The number of nitrogens with one attached hydrogen (secondary N) is 1. The number of ether oxygens (including phenoxy) is 2. The summed E-state index contributed by atoms with van der Waals surface area (Å²) in [7, 11) is 1.64. The molecule has 0 radical (unpaired) electrons. The lowest BCUT2D eigenvalue weighted by molar-refractivity contribution is -0.116. The van der Waals surface area contributed by atoms with Gasteiger partial charge in [-0.1, -0.05) is 30.3 Å². The van der Waals surface area contributed by atoms with Gasteiger partial charge in [-0.2, -0.15) is 0 Å². The molecule has 31 heavy (non-hydrogen) atoms. The van der Waals surface area contributed by atoms with Crippen LogP contribution in [0.2, 0.25) is 0 Å². The molecule has 0 saturated heterocycles. The first-order valence-electron chi connectivity index (χ1n) is 10.3. The number of carbonyl (C=O) groups excluding carboxylic acids is 1. The maximum absolute atomic E-state index is 13.1. The van der Waals surface area contributed by atoms with E-state index in [2.05, 4.69) is 15.6 Å². The van der Waals surface area contributed by atoms with Crippen molar-refractivity contribution in [2.45, 2.75) is 39.2 Å². The molecule has 0 aliphatic rings. The summed E-state index contributed by atoms with van der Waals surface area (Å²) in [6.07, 6.45) is 2.28.